The van der Waals surface area contributed by atoms with Gasteiger partial charge in [0, 0.05) is 13.7 Å². The van der Waals surface area contributed by atoms with E-state index >= 15 is 0 Å². The van der Waals surface area contributed by atoms with Crippen LogP contribution in [0.1, 0.15) is 58.8 Å². The summed E-state index contributed by atoms with van der Waals surface area (Å²) in [4.78, 5) is 11.8. The molecule has 1 saturated carbocycles. The van der Waals surface area contributed by atoms with Crippen molar-refractivity contribution < 1.29 is 14.6 Å². The van der Waals surface area contributed by atoms with Crippen molar-refractivity contribution in [2.24, 2.45) is 0 Å². The summed E-state index contributed by atoms with van der Waals surface area (Å²) in [6.45, 7) is 4.13. The van der Waals surface area contributed by atoms with E-state index in [0.29, 0.717) is 13.0 Å². The van der Waals surface area contributed by atoms with E-state index in [4.69, 9.17) is 4.74 Å². The molecule has 0 spiro atoms. The predicted molar refractivity (Wildman–Crippen MR) is 71.4 cm³/mol. The first-order valence-corrected chi connectivity index (χ1v) is 6.91. The first-order chi connectivity index (χ1) is 8.37. The zero-order valence-electron chi connectivity index (χ0n) is 11.9. The molecule has 4 heteroatoms. The monoisotopic (exact) mass is 257 g/mol. The molecular formula is C14H27NO3. The average molecular weight is 257 g/mol. The van der Waals surface area contributed by atoms with Crippen LogP contribution in [0, 0.1) is 0 Å². The lowest BCUT2D eigenvalue weighted by Gasteiger charge is -2.28. The number of carbonyl (C=O) groups excluding carboxylic acids is 1. The quantitative estimate of drug-likeness (QED) is 0.741. The first kappa shape index (κ1) is 15.4. The van der Waals surface area contributed by atoms with Gasteiger partial charge in [-0.3, -0.25) is 4.79 Å². The van der Waals surface area contributed by atoms with Crippen LogP contribution in [-0.4, -0.2) is 35.9 Å². The van der Waals surface area contributed by atoms with Crippen molar-refractivity contribution in [3.05, 3.63) is 0 Å². The molecule has 0 bridgehead atoms. The summed E-state index contributed by atoms with van der Waals surface area (Å²) in [5.74, 6) is -0.0560. The molecule has 0 saturated heterocycles. The average Bonchev–Trinajstić information content (AvgIpc) is 2.52. The van der Waals surface area contributed by atoms with E-state index in [9.17, 15) is 9.90 Å². The van der Waals surface area contributed by atoms with Crippen molar-refractivity contribution in [2.75, 3.05) is 13.7 Å². The van der Waals surface area contributed by atoms with Gasteiger partial charge in [0.05, 0.1) is 17.6 Å². The van der Waals surface area contributed by atoms with Crippen LogP contribution in [0.25, 0.3) is 0 Å². The largest absolute Gasteiger partial charge is 0.388 e. The maximum atomic E-state index is 11.8. The fourth-order valence-corrected chi connectivity index (χ4v) is 2.35. The zero-order chi connectivity index (χ0) is 13.6. The van der Waals surface area contributed by atoms with Gasteiger partial charge < -0.3 is 15.2 Å². The molecule has 18 heavy (non-hydrogen) atoms. The number of carbonyl (C=O) groups is 1. The van der Waals surface area contributed by atoms with E-state index in [0.717, 1.165) is 25.7 Å². The van der Waals surface area contributed by atoms with E-state index in [1.165, 1.54) is 12.8 Å². The number of ether oxygens (including phenoxy) is 1. The van der Waals surface area contributed by atoms with Crippen molar-refractivity contribution >= 4 is 5.91 Å². The number of methoxy groups -OCH3 is 1. The number of nitrogens with one attached hydrogen (secondary N) is 1. The highest BCUT2D eigenvalue weighted by molar-refractivity contribution is 5.77. The SMILES string of the molecule is COC(C)(C)CC(=O)NCC1(O)CCCCCC1. The third-order valence-electron chi connectivity index (χ3n) is 3.79. The third-order valence-corrected chi connectivity index (χ3v) is 3.79. The summed E-state index contributed by atoms with van der Waals surface area (Å²) in [6, 6.07) is 0. The lowest BCUT2D eigenvalue weighted by molar-refractivity contribution is -0.127. The maximum Gasteiger partial charge on any atom is 0.222 e. The topological polar surface area (TPSA) is 58.6 Å². The maximum absolute atomic E-state index is 11.8. The van der Waals surface area contributed by atoms with E-state index in [-0.39, 0.29) is 5.91 Å². The smallest absolute Gasteiger partial charge is 0.222 e. The fourth-order valence-electron chi connectivity index (χ4n) is 2.35. The molecule has 1 fully saturated rings. The van der Waals surface area contributed by atoms with Crippen LogP contribution in [-0.2, 0) is 9.53 Å². The molecule has 0 radical (unpaired) electrons. The molecular weight excluding hydrogens is 230 g/mol. The van der Waals surface area contributed by atoms with Crippen molar-refractivity contribution in [3.8, 4) is 0 Å². The molecule has 1 amide bonds. The molecule has 0 aromatic carbocycles. The van der Waals surface area contributed by atoms with Gasteiger partial charge in [-0.25, -0.2) is 0 Å². The highest BCUT2D eigenvalue weighted by Gasteiger charge is 2.29. The Balaban J connectivity index is 2.37. The second-order valence-electron chi connectivity index (χ2n) is 6.06. The Kier molecular flexibility index (Phi) is 5.60. The van der Waals surface area contributed by atoms with E-state index in [1.54, 1.807) is 7.11 Å². The molecule has 1 aliphatic rings. The predicted octanol–water partition coefficient (Wildman–Crippen LogP) is 2.00. The van der Waals surface area contributed by atoms with Crippen LogP contribution in [0.5, 0.6) is 0 Å². The highest BCUT2D eigenvalue weighted by atomic mass is 16.5. The van der Waals surface area contributed by atoms with E-state index in [1.807, 2.05) is 13.8 Å². The number of rotatable bonds is 5. The Hall–Kier alpha value is -0.610. The van der Waals surface area contributed by atoms with Crippen molar-refractivity contribution in [3.63, 3.8) is 0 Å². The zero-order valence-corrected chi connectivity index (χ0v) is 11.9. The first-order valence-electron chi connectivity index (χ1n) is 6.91. The molecule has 2 N–H and O–H groups in total. The number of amides is 1. The standard InChI is InChI=1S/C14H27NO3/c1-13(2,18-3)10-12(16)15-11-14(17)8-6-4-5-7-9-14/h17H,4-11H2,1-3H3,(H,15,16). The number of hydrogen-bond acceptors (Lipinski definition) is 3. The number of hydrogen-bond donors (Lipinski definition) is 2. The van der Waals surface area contributed by atoms with Crippen LogP contribution in [0.3, 0.4) is 0 Å². The summed E-state index contributed by atoms with van der Waals surface area (Å²) in [6.07, 6.45) is 6.38. The second kappa shape index (κ2) is 6.53. The normalized spacial score (nSPS) is 20.2. The van der Waals surface area contributed by atoms with Crippen LogP contribution < -0.4 is 5.32 Å². The second-order valence-corrected chi connectivity index (χ2v) is 6.06. The van der Waals surface area contributed by atoms with Gasteiger partial charge in [0.2, 0.25) is 5.91 Å². The minimum absolute atomic E-state index is 0.0560. The van der Waals surface area contributed by atoms with Crippen molar-refractivity contribution in [1.82, 2.24) is 5.32 Å². The molecule has 4 nitrogen and oxygen atoms in total. The Morgan fingerprint density at radius 3 is 2.33 bits per heavy atom. The lowest BCUT2D eigenvalue weighted by Crippen LogP contribution is -2.44. The molecule has 1 rings (SSSR count). The van der Waals surface area contributed by atoms with Gasteiger partial charge in [0.15, 0.2) is 0 Å². The van der Waals surface area contributed by atoms with Gasteiger partial charge in [-0.15, -0.1) is 0 Å². The Bertz CT molecular complexity index is 268. The summed E-state index contributed by atoms with van der Waals surface area (Å²) in [5.41, 5.74) is -1.15. The third kappa shape index (κ3) is 5.36. The van der Waals surface area contributed by atoms with Crippen molar-refractivity contribution in [1.29, 1.82) is 0 Å². The molecule has 0 atom stereocenters. The van der Waals surface area contributed by atoms with Gasteiger partial charge >= 0.3 is 0 Å². The molecule has 0 aromatic rings. The molecule has 1 aliphatic carbocycles. The lowest BCUT2D eigenvalue weighted by atomic mass is 9.94. The Morgan fingerprint density at radius 1 is 1.28 bits per heavy atom. The highest BCUT2D eigenvalue weighted by Crippen LogP contribution is 2.26. The van der Waals surface area contributed by atoms with Gasteiger partial charge in [-0.2, -0.15) is 0 Å². The van der Waals surface area contributed by atoms with Crippen LogP contribution >= 0.6 is 0 Å². The molecule has 0 aliphatic heterocycles. The molecule has 0 unspecified atom stereocenters. The molecule has 0 aromatic heterocycles. The summed E-state index contributed by atoms with van der Waals surface area (Å²) in [7, 11) is 1.60. The van der Waals surface area contributed by atoms with Crippen LogP contribution in [0.4, 0.5) is 0 Å². The fraction of sp³-hybridized carbons (Fsp3) is 0.929. The van der Waals surface area contributed by atoms with Crippen LogP contribution in [0.15, 0.2) is 0 Å². The van der Waals surface area contributed by atoms with Gasteiger partial charge in [-0.1, -0.05) is 25.7 Å². The minimum atomic E-state index is -0.705. The van der Waals surface area contributed by atoms with Gasteiger partial charge in [-0.05, 0) is 26.7 Å². The Morgan fingerprint density at radius 2 is 1.83 bits per heavy atom. The number of aliphatic hydroxyl groups is 1. The van der Waals surface area contributed by atoms with Crippen LogP contribution in [0.2, 0.25) is 0 Å². The summed E-state index contributed by atoms with van der Waals surface area (Å²) in [5, 5.41) is 13.3. The summed E-state index contributed by atoms with van der Waals surface area (Å²) < 4.78 is 5.22. The minimum Gasteiger partial charge on any atom is -0.388 e. The Labute approximate surface area is 110 Å². The van der Waals surface area contributed by atoms with Crippen molar-refractivity contribution in [2.45, 2.75) is 70.0 Å². The summed E-state index contributed by atoms with van der Waals surface area (Å²) >= 11 is 0. The van der Waals surface area contributed by atoms with E-state index in [2.05, 4.69) is 5.32 Å². The van der Waals surface area contributed by atoms with E-state index < -0.39 is 11.2 Å². The molecule has 106 valence electrons. The van der Waals surface area contributed by atoms with Gasteiger partial charge in [0.25, 0.3) is 0 Å². The molecule has 0 heterocycles. The van der Waals surface area contributed by atoms with Gasteiger partial charge in [0.1, 0.15) is 0 Å².